The zero-order chi connectivity index (χ0) is 25.4. The Kier molecular flexibility index (Phi) is 6.85. The van der Waals surface area contributed by atoms with Crippen molar-refractivity contribution >= 4 is 57.9 Å². The smallest absolute Gasteiger partial charge is 0.338 e. The molecule has 5 rings (SSSR count). The molecule has 0 unspecified atom stereocenters. The number of thiophene rings is 1. The molecule has 1 atom stereocenters. The number of carbonyl (C=O) groups is 1. The Bertz CT molecular complexity index is 1690. The maximum absolute atomic E-state index is 13.6. The number of furan rings is 1. The maximum atomic E-state index is 13.6. The number of thiazole rings is 1. The molecule has 36 heavy (non-hydrogen) atoms. The summed E-state index contributed by atoms with van der Waals surface area (Å²) < 4.78 is 13.2. The molecule has 182 valence electrons. The summed E-state index contributed by atoms with van der Waals surface area (Å²) in [6.45, 7) is 5.41. The normalized spacial score (nSPS) is 15.5. The second-order valence-electron chi connectivity index (χ2n) is 7.81. The number of nitrogens with zero attached hydrogens (tertiary/aromatic N) is 2. The van der Waals surface area contributed by atoms with E-state index in [0.29, 0.717) is 47.7 Å². The Morgan fingerprint density at radius 1 is 1.28 bits per heavy atom. The van der Waals surface area contributed by atoms with Crippen molar-refractivity contribution < 1.29 is 13.9 Å². The van der Waals surface area contributed by atoms with Gasteiger partial charge in [0.1, 0.15) is 24.2 Å². The first kappa shape index (κ1) is 24.5. The lowest BCUT2D eigenvalue weighted by atomic mass is 10.0. The minimum atomic E-state index is -0.638. The van der Waals surface area contributed by atoms with Crippen LogP contribution in [-0.2, 0) is 9.53 Å². The van der Waals surface area contributed by atoms with Crippen LogP contribution >= 0.6 is 45.9 Å². The van der Waals surface area contributed by atoms with Crippen molar-refractivity contribution in [2.24, 2.45) is 4.99 Å². The van der Waals surface area contributed by atoms with Crippen LogP contribution in [0.2, 0.25) is 10.0 Å². The van der Waals surface area contributed by atoms with Crippen LogP contribution in [0, 0.1) is 0 Å². The molecule has 10 heteroatoms. The number of hydrogen-bond acceptors (Lipinski definition) is 7. The third-order valence-electron chi connectivity index (χ3n) is 5.48. The van der Waals surface area contributed by atoms with Crippen molar-refractivity contribution in [3.8, 4) is 11.3 Å². The predicted octanol–water partition coefficient (Wildman–Crippen LogP) is 5.59. The van der Waals surface area contributed by atoms with E-state index < -0.39 is 12.0 Å². The second-order valence-corrected chi connectivity index (χ2v) is 10.6. The topological polar surface area (TPSA) is 73.8 Å². The summed E-state index contributed by atoms with van der Waals surface area (Å²) in [7, 11) is 0. The van der Waals surface area contributed by atoms with Crippen LogP contribution in [0.25, 0.3) is 17.4 Å². The van der Waals surface area contributed by atoms with E-state index in [1.807, 2.05) is 17.5 Å². The number of hydrogen-bond donors (Lipinski definition) is 0. The molecule has 1 aliphatic rings. The van der Waals surface area contributed by atoms with Crippen LogP contribution < -0.4 is 14.9 Å². The Morgan fingerprint density at radius 3 is 2.83 bits per heavy atom. The van der Waals surface area contributed by atoms with Gasteiger partial charge in [-0.05, 0) is 48.7 Å². The summed E-state index contributed by atoms with van der Waals surface area (Å²) in [5.74, 6) is 0.505. The average molecular weight is 557 g/mol. The van der Waals surface area contributed by atoms with E-state index in [9.17, 15) is 9.59 Å². The summed E-state index contributed by atoms with van der Waals surface area (Å²) >= 11 is 15.0. The van der Waals surface area contributed by atoms with Crippen LogP contribution in [0.5, 0.6) is 0 Å². The van der Waals surface area contributed by atoms with Crippen molar-refractivity contribution in [3.05, 3.63) is 112 Å². The number of aromatic nitrogens is 1. The lowest BCUT2D eigenvalue weighted by molar-refractivity contribution is -0.138. The van der Waals surface area contributed by atoms with Crippen LogP contribution in [0.15, 0.2) is 86.0 Å². The van der Waals surface area contributed by atoms with Gasteiger partial charge in [-0.25, -0.2) is 9.79 Å². The van der Waals surface area contributed by atoms with Crippen LogP contribution in [-0.4, -0.2) is 17.1 Å². The van der Waals surface area contributed by atoms with Gasteiger partial charge in [0.05, 0.1) is 20.8 Å². The molecule has 3 aromatic heterocycles. The van der Waals surface area contributed by atoms with Gasteiger partial charge < -0.3 is 9.15 Å². The van der Waals surface area contributed by atoms with Crippen molar-refractivity contribution in [2.45, 2.75) is 13.0 Å². The third-order valence-corrected chi connectivity index (χ3v) is 7.94. The lowest BCUT2D eigenvalue weighted by Gasteiger charge is -2.23. The third kappa shape index (κ3) is 4.53. The first-order chi connectivity index (χ1) is 17.4. The highest BCUT2D eigenvalue weighted by atomic mass is 35.5. The highest BCUT2D eigenvalue weighted by Crippen LogP contribution is 2.34. The Morgan fingerprint density at radius 2 is 2.11 bits per heavy atom. The van der Waals surface area contributed by atoms with E-state index in [1.165, 1.54) is 28.7 Å². The number of benzene rings is 1. The monoisotopic (exact) mass is 556 g/mol. The molecule has 0 N–H and O–H groups in total. The van der Waals surface area contributed by atoms with Gasteiger partial charge in [-0.15, -0.1) is 11.3 Å². The second kappa shape index (κ2) is 10.1. The van der Waals surface area contributed by atoms with Crippen molar-refractivity contribution in [1.29, 1.82) is 0 Å². The van der Waals surface area contributed by atoms with Crippen molar-refractivity contribution in [2.75, 3.05) is 6.61 Å². The molecule has 0 bridgehead atoms. The average Bonchev–Trinajstić information content (AvgIpc) is 3.59. The SMILES string of the molecule is C=CCOC(=O)C1=C(C)N=c2s/c(=C/c3ccc(-c4ccc(Cl)cc4Cl)o3)c(=O)n2[C@@H]1c1cccs1. The molecule has 0 amide bonds. The van der Waals surface area contributed by atoms with Crippen LogP contribution in [0.1, 0.15) is 23.6 Å². The Labute approximate surface area is 223 Å². The van der Waals surface area contributed by atoms with E-state index in [4.69, 9.17) is 32.4 Å². The quantitative estimate of drug-likeness (QED) is 0.229. The van der Waals surface area contributed by atoms with Gasteiger partial charge in [-0.2, -0.15) is 0 Å². The van der Waals surface area contributed by atoms with Gasteiger partial charge in [0.15, 0.2) is 4.80 Å². The van der Waals surface area contributed by atoms with Gasteiger partial charge in [0.2, 0.25) is 0 Å². The number of ether oxygens (including phenoxy) is 1. The van der Waals surface area contributed by atoms with Crippen molar-refractivity contribution in [1.82, 2.24) is 4.57 Å². The largest absolute Gasteiger partial charge is 0.458 e. The number of fused-ring (bicyclic) bond motifs is 1. The summed E-state index contributed by atoms with van der Waals surface area (Å²) in [6.07, 6.45) is 3.16. The van der Waals surface area contributed by atoms with E-state index in [0.717, 1.165) is 4.88 Å². The van der Waals surface area contributed by atoms with Crippen LogP contribution in [0.3, 0.4) is 0 Å². The maximum Gasteiger partial charge on any atom is 0.338 e. The Balaban J connectivity index is 1.60. The van der Waals surface area contributed by atoms with Crippen molar-refractivity contribution in [3.63, 3.8) is 0 Å². The fourth-order valence-corrected chi connectivity index (χ4v) is 6.26. The highest BCUT2D eigenvalue weighted by Gasteiger charge is 2.34. The Hall–Kier alpha value is -3.17. The van der Waals surface area contributed by atoms with Gasteiger partial charge in [-0.1, -0.05) is 53.3 Å². The van der Waals surface area contributed by atoms with Crippen LogP contribution in [0.4, 0.5) is 0 Å². The highest BCUT2D eigenvalue weighted by molar-refractivity contribution is 7.10. The number of carbonyl (C=O) groups excluding carboxylic acids is 1. The molecule has 0 spiro atoms. The van der Waals surface area contributed by atoms with E-state index >= 15 is 0 Å². The number of rotatable bonds is 6. The molecule has 0 aliphatic carbocycles. The first-order valence-corrected chi connectivity index (χ1v) is 13.2. The summed E-state index contributed by atoms with van der Waals surface area (Å²) in [5, 5.41) is 2.89. The zero-order valence-corrected chi connectivity index (χ0v) is 22.0. The predicted molar refractivity (Wildman–Crippen MR) is 143 cm³/mol. The molecular formula is C26H18Cl2N2O4S2. The van der Waals surface area contributed by atoms with E-state index in [-0.39, 0.29) is 12.2 Å². The summed E-state index contributed by atoms with van der Waals surface area (Å²) in [5.41, 5.74) is 1.25. The number of allylic oxidation sites excluding steroid dienone is 1. The fraction of sp³-hybridized carbons (Fsp3) is 0.115. The lowest BCUT2D eigenvalue weighted by Crippen LogP contribution is -2.39. The number of halogens is 2. The van der Waals surface area contributed by atoms with Gasteiger partial charge in [-0.3, -0.25) is 9.36 Å². The summed E-state index contributed by atoms with van der Waals surface area (Å²) in [4.78, 5) is 32.4. The molecule has 4 heterocycles. The minimum Gasteiger partial charge on any atom is -0.458 e. The van der Waals surface area contributed by atoms with Gasteiger partial charge in [0.25, 0.3) is 5.56 Å². The molecule has 4 aromatic rings. The molecule has 6 nitrogen and oxygen atoms in total. The summed E-state index contributed by atoms with van der Waals surface area (Å²) in [6, 6.07) is 11.8. The molecule has 0 fully saturated rings. The standard InChI is InChI=1S/C26H18Cl2N2O4S2/c1-3-10-33-25(32)22-14(2)29-26-30(23(22)20-5-4-11-35-20)24(31)21(36-26)13-16-7-9-19(34-16)17-8-6-15(27)12-18(17)28/h3-9,11-13,23H,1,10H2,2H3/b21-13+/t23-/m1/s1. The van der Waals surface area contributed by atoms with Gasteiger partial charge >= 0.3 is 5.97 Å². The molecule has 1 aromatic carbocycles. The molecule has 1 aliphatic heterocycles. The van der Waals surface area contributed by atoms with E-state index in [2.05, 4.69) is 11.6 Å². The number of esters is 1. The molecule has 0 radical (unpaired) electrons. The molecule has 0 saturated carbocycles. The molecule has 0 saturated heterocycles. The first-order valence-electron chi connectivity index (χ1n) is 10.8. The molecular weight excluding hydrogens is 539 g/mol. The zero-order valence-electron chi connectivity index (χ0n) is 18.9. The van der Waals surface area contributed by atoms with Gasteiger partial charge in [0, 0.05) is 21.5 Å². The van der Waals surface area contributed by atoms with E-state index in [1.54, 1.807) is 47.9 Å². The minimum absolute atomic E-state index is 0.0651. The fourth-order valence-electron chi connectivity index (χ4n) is 3.90.